The van der Waals surface area contributed by atoms with Crippen molar-refractivity contribution in [3.63, 3.8) is 0 Å². The standard InChI is InChI=1S/C56H39N/c1-6-19-40(20-7-1)42-33-36-47(37-34-42)57(52-38-35-46(41-21-8-2-9-22-41)39-51(52)43-23-10-3-11-24-43)53-32-18-31-50-48-29-16-17-30-49(48)54(44-25-12-4-13-26-44)55(56(50)53)45-27-14-5-15-28-45/h1-39H. The highest BCUT2D eigenvalue weighted by Crippen LogP contribution is 2.51. The molecule has 0 aromatic heterocycles. The second kappa shape index (κ2) is 15.0. The van der Waals surface area contributed by atoms with E-state index in [1.165, 1.54) is 66.1 Å². The Balaban J connectivity index is 1.33. The van der Waals surface area contributed by atoms with Gasteiger partial charge in [0.15, 0.2) is 0 Å². The molecule has 1 heteroatoms. The molecule has 1 nitrogen and oxygen atoms in total. The molecule has 0 radical (unpaired) electrons. The molecule has 10 aromatic rings. The van der Waals surface area contributed by atoms with Crippen LogP contribution in [-0.2, 0) is 0 Å². The molecule has 0 heterocycles. The first-order chi connectivity index (χ1) is 28.3. The molecule has 0 bridgehead atoms. The lowest BCUT2D eigenvalue weighted by Gasteiger charge is -2.31. The lowest BCUT2D eigenvalue weighted by Crippen LogP contribution is -2.12. The summed E-state index contributed by atoms with van der Waals surface area (Å²) in [5, 5.41) is 4.90. The average Bonchev–Trinajstić information content (AvgIpc) is 3.30. The first-order valence-electron chi connectivity index (χ1n) is 19.6. The van der Waals surface area contributed by atoms with Gasteiger partial charge in [-0.25, -0.2) is 0 Å². The second-order valence-electron chi connectivity index (χ2n) is 14.4. The molecule has 0 atom stereocenters. The molecule has 0 saturated heterocycles. The summed E-state index contributed by atoms with van der Waals surface area (Å²) in [6.07, 6.45) is 0. The van der Waals surface area contributed by atoms with E-state index in [1.807, 2.05) is 0 Å². The molecule has 0 aliphatic heterocycles. The summed E-state index contributed by atoms with van der Waals surface area (Å²) in [6.45, 7) is 0. The predicted octanol–water partition coefficient (Wildman–Crippen LogP) is 15.8. The molecule has 268 valence electrons. The maximum Gasteiger partial charge on any atom is 0.0546 e. The zero-order chi connectivity index (χ0) is 38.0. The fraction of sp³-hybridized carbons (Fsp3) is 0. The van der Waals surface area contributed by atoms with Gasteiger partial charge in [0.2, 0.25) is 0 Å². The Morgan fingerprint density at radius 3 is 1.28 bits per heavy atom. The largest absolute Gasteiger partial charge is 0.309 e. The topological polar surface area (TPSA) is 3.24 Å². The summed E-state index contributed by atoms with van der Waals surface area (Å²) in [7, 11) is 0. The minimum atomic E-state index is 1.08. The van der Waals surface area contributed by atoms with Gasteiger partial charge in [0.1, 0.15) is 0 Å². The fourth-order valence-corrected chi connectivity index (χ4v) is 8.44. The highest BCUT2D eigenvalue weighted by atomic mass is 15.1. The molecule has 0 saturated carbocycles. The quantitative estimate of drug-likeness (QED) is 0.141. The van der Waals surface area contributed by atoms with E-state index in [1.54, 1.807) is 0 Å². The maximum atomic E-state index is 2.49. The predicted molar refractivity (Wildman–Crippen MR) is 243 cm³/mol. The summed E-state index contributed by atoms with van der Waals surface area (Å²) in [5.41, 5.74) is 15.2. The minimum Gasteiger partial charge on any atom is -0.309 e. The number of rotatable bonds is 8. The number of nitrogens with zero attached hydrogens (tertiary/aromatic N) is 1. The average molecular weight is 726 g/mol. The summed E-state index contributed by atoms with van der Waals surface area (Å²) >= 11 is 0. The number of hydrogen-bond acceptors (Lipinski definition) is 1. The van der Waals surface area contributed by atoms with Crippen LogP contribution in [0.5, 0.6) is 0 Å². The van der Waals surface area contributed by atoms with Gasteiger partial charge in [0.05, 0.1) is 11.4 Å². The van der Waals surface area contributed by atoms with Gasteiger partial charge >= 0.3 is 0 Å². The molecule has 10 aromatic carbocycles. The maximum absolute atomic E-state index is 2.49. The van der Waals surface area contributed by atoms with Crippen LogP contribution in [0.25, 0.3) is 77.2 Å². The first-order valence-corrected chi connectivity index (χ1v) is 19.6. The van der Waals surface area contributed by atoms with E-state index in [-0.39, 0.29) is 0 Å². The molecule has 10 rings (SSSR count). The van der Waals surface area contributed by atoms with Crippen molar-refractivity contribution >= 4 is 38.6 Å². The SMILES string of the molecule is c1ccc(-c2ccc(N(c3ccc(-c4ccccc4)cc3-c3ccccc3)c3cccc4c3c(-c3ccccc3)c(-c3ccccc3)c3ccccc34)cc2)cc1. The van der Waals surface area contributed by atoms with Crippen LogP contribution in [-0.4, -0.2) is 0 Å². The highest BCUT2D eigenvalue weighted by Gasteiger charge is 2.25. The van der Waals surface area contributed by atoms with E-state index in [0.717, 1.165) is 28.2 Å². The van der Waals surface area contributed by atoms with Crippen molar-refractivity contribution in [3.8, 4) is 55.6 Å². The molecule has 0 unspecified atom stereocenters. The van der Waals surface area contributed by atoms with Crippen LogP contribution in [0.3, 0.4) is 0 Å². The molecule has 0 amide bonds. The van der Waals surface area contributed by atoms with Gasteiger partial charge in [-0.3, -0.25) is 0 Å². The third kappa shape index (κ3) is 6.36. The normalized spacial score (nSPS) is 11.2. The van der Waals surface area contributed by atoms with Crippen molar-refractivity contribution in [2.75, 3.05) is 4.90 Å². The monoisotopic (exact) mass is 725 g/mol. The van der Waals surface area contributed by atoms with Crippen molar-refractivity contribution in [1.82, 2.24) is 0 Å². The van der Waals surface area contributed by atoms with Gasteiger partial charge in [-0.15, -0.1) is 0 Å². The molecule has 57 heavy (non-hydrogen) atoms. The van der Waals surface area contributed by atoms with Gasteiger partial charge in [-0.05, 0) is 91.0 Å². The Hall–Kier alpha value is -7.48. The zero-order valence-electron chi connectivity index (χ0n) is 31.5. The Labute approximate surface area is 334 Å². The van der Waals surface area contributed by atoms with Gasteiger partial charge in [0.25, 0.3) is 0 Å². The van der Waals surface area contributed by atoms with E-state index < -0.39 is 0 Å². The summed E-state index contributed by atoms with van der Waals surface area (Å²) in [6, 6.07) is 85.7. The van der Waals surface area contributed by atoms with Crippen LogP contribution < -0.4 is 4.90 Å². The molecule has 0 spiro atoms. The van der Waals surface area contributed by atoms with Crippen molar-refractivity contribution in [1.29, 1.82) is 0 Å². The van der Waals surface area contributed by atoms with Crippen LogP contribution in [0, 0.1) is 0 Å². The lowest BCUT2D eigenvalue weighted by molar-refractivity contribution is 1.30. The number of hydrogen-bond donors (Lipinski definition) is 0. The molecule has 0 fully saturated rings. The minimum absolute atomic E-state index is 1.08. The van der Waals surface area contributed by atoms with E-state index in [4.69, 9.17) is 0 Å². The Morgan fingerprint density at radius 1 is 0.246 bits per heavy atom. The third-order valence-corrected chi connectivity index (χ3v) is 11.1. The summed E-state index contributed by atoms with van der Waals surface area (Å²) in [5.74, 6) is 0. The second-order valence-corrected chi connectivity index (χ2v) is 14.4. The number of anilines is 3. The zero-order valence-corrected chi connectivity index (χ0v) is 31.5. The lowest BCUT2D eigenvalue weighted by atomic mass is 9.84. The van der Waals surface area contributed by atoms with Crippen LogP contribution in [0.4, 0.5) is 17.1 Å². The first kappa shape index (κ1) is 34.0. The van der Waals surface area contributed by atoms with Crippen LogP contribution in [0.2, 0.25) is 0 Å². The van der Waals surface area contributed by atoms with Crippen LogP contribution >= 0.6 is 0 Å². The van der Waals surface area contributed by atoms with E-state index in [9.17, 15) is 0 Å². The highest BCUT2D eigenvalue weighted by molar-refractivity contribution is 6.25. The van der Waals surface area contributed by atoms with Crippen LogP contribution in [0.1, 0.15) is 0 Å². The van der Waals surface area contributed by atoms with Crippen molar-refractivity contribution in [2.45, 2.75) is 0 Å². The van der Waals surface area contributed by atoms with Crippen molar-refractivity contribution < 1.29 is 0 Å². The van der Waals surface area contributed by atoms with E-state index >= 15 is 0 Å². The molecule has 0 aliphatic carbocycles. The fourth-order valence-electron chi connectivity index (χ4n) is 8.44. The third-order valence-electron chi connectivity index (χ3n) is 11.1. The van der Waals surface area contributed by atoms with Crippen molar-refractivity contribution in [2.24, 2.45) is 0 Å². The molecular formula is C56H39N. The van der Waals surface area contributed by atoms with Gasteiger partial charge < -0.3 is 4.90 Å². The van der Waals surface area contributed by atoms with Gasteiger partial charge in [-0.2, -0.15) is 0 Å². The molecule has 0 aliphatic rings. The number of fused-ring (bicyclic) bond motifs is 3. The Morgan fingerprint density at radius 2 is 0.684 bits per heavy atom. The van der Waals surface area contributed by atoms with Gasteiger partial charge in [0, 0.05) is 22.2 Å². The van der Waals surface area contributed by atoms with Gasteiger partial charge in [-0.1, -0.05) is 206 Å². The van der Waals surface area contributed by atoms with Crippen molar-refractivity contribution in [3.05, 3.63) is 237 Å². The molecule has 0 N–H and O–H groups in total. The Kier molecular flexibility index (Phi) is 8.95. The summed E-state index contributed by atoms with van der Waals surface area (Å²) < 4.78 is 0. The summed E-state index contributed by atoms with van der Waals surface area (Å²) in [4.78, 5) is 2.49. The Bertz CT molecular complexity index is 2960. The van der Waals surface area contributed by atoms with E-state index in [0.29, 0.717) is 0 Å². The molecular weight excluding hydrogens is 687 g/mol. The smallest absolute Gasteiger partial charge is 0.0546 e. The van der Waals surface area contributed by atoms with Crippen LogP contribution in [0.15, 0.2) is 237 Å². The number of benzene rings is 10. The van der Waals surface area contributed by atoms with E-state index in [2.05, 4.69) is 241 Å².